The van der Waals surface area contributed by atoms with Crippen LogP contribution in [0.15, 0.2) is 27.8 Å². The van der Waals surface area contributed by atoms with Crippen molar-refractivity contribution in [3.63, 3.8) is 0 Å². The smallest absolute Gasteiger partial charge is 0.289 e. The number of amides is 2. The van der Waals surface area contributed by atoms with Gasteiger partial charge in [-0.25, -0.2) is 0 Å². The molecule has 0 radical (unpaired) electrons. The highest BCUT2D eigenvalue weighted by atomic mass is 127. The van der Waals surface area contributed by atoms with Crippen LogP contribution in [0.25, 0.3) is 0 Å². The number of nitrogens with zero attached hydrogens (tertiary/aromatic N) is 5. The number of nitrogens with one attached hydrogen (secondary N) is 1. The summed E-state index contributed by atoms with van der Waals surface area (Å²) in [6.45, 7) is 12.3. The zero-order valence-electron chi connectivity index (χ0n) is 17.9. The van der Waals surface area contributed by atoms with Crippen molar-refractivity contribution >= 4 is 41.8 Å². The average molecular weight is 532 g/mol. The van der Waals surface area contributed by atoms with Gasteiger partial charge >= 0.3 is 0 Å². The fraction of sp³-hybridized carbons (Fsp3) is 0.650. The van der Waals surface area contributed by atoms with Gasteiger partial charge < -0.3 is 24.4 Å². The molecule has 2 fully saturated rings. The predicted octanol–water partition coefficient (Wildman–Crippen LogP) is 0.785. The zero-order valence-corrected chi connectivity index (χ0v) is 20.2. The third-order valence-corrected chi connectivity index (χ3v) is 5.43. The van der Waals surface area contributed by atoms with Gasteiger partial charge in [0, 0.05) is 72.4 Å². The van der Waals surface area contributed by atoms with Crippen LogP contribution in [0.3, 0.4) is 0 Å². The third kappa shape index (κ3) is 6.59. The number of aliphatic imine (C=N–C) groups is 1. The second-order valence-corrected chi connectivity index (χ2v) is 7.34. The summed E-state index contributed by atoms with van der Waals surface area (Å²) in [5.74, 6) is 1.40. The summed E-state index contributed by atoms with van der Waals surface area (Å²) in [7, 11) is 0. The number of rotatable bonds is 5. The molecule has 0 bridgehead atoms. The number of carbonyl (C=O) groups is 2. The fourth-order valence-corrected chi connectivity index (χ4v) is 3.69. The second kappa shape index (κ2) is 12.1. The van der Waals surface area contributed by atoms with Crippen LogP contribution in [0.2, 0.25) is 0 Å². The Hall–Kier alpha value is -1.82. The van der Waals surface area contributed by atoms with E-state index in [1.165, 1.54) is 6.26 Å². The summed E-state index contributed by atoms with van der Waals surface area (Å²) in [5.41, 5.74) is 0. The highest BCUT2D eigenvalue weighted by molar-refractivity contribution is 14.0. The predicted molar refractivity (Wildman–Crippen MR) is 126 cm³/mol. The number of hydrogen-bond donors (Lipinski definition) is 1. The molecule has 1 N–H and O–H groups in total. The summed E-state index contributed by atoms with van der Waals surface area (Å²) in [4.78, 5) is 36.9. The molecule has 30 heavy (non-hydrogen) atoms. The van der Waals surface area contributed by atoms with Crippen molar-refractivity contribution in [1.82, 2.24) is 24.9 Å². The van der Waals surface area contributed by atoms with E-state index in [-0.39, 0.29) is 35.8 Å². The maximum Gasteiger partial charge on any atom is 0.289 e. The molecule has 0 aliphatic carbocycles. The number of piperazine rings is 2. The molecule has 0 spiro atoms. The molecule has 10 heteroatoms. The van der Waals surface area contributed by atoms with Crippen molar-refractivity contribution in [3.8, 4) is 0 Å². The zero-order chi connectivity index (χ0) is 20.6. The lowest BCUT2D eigenvalue weighted by Gasteiger charge is -2.36. The summed E-state index contributed by atoms with van der Waals surface area (Å²) in [5, 5.41) is 3.37. The summed E-state index contributed by atoms with van der Waals surface area (Å²) >= 11 is 0. The van der Waals surface area contributed by atoms with E-state index in [0.717, 1.165) is 58.3 Å². The van der Waals surface area contributed by atoms with Crippen molar-refractivity contribution in [2.75, 3.05) is 72.0 Å². The monoisotopic (exact) mass is 532 g/mol. The van der Waals surface area contributed by atoms with Gasteiger partial charge in [0.15, 0.2) is 11.7 Å². The van der Waals surface area contributed by atoms with E-state index in [1.807, 2.05) is 9.80 Å². The molecule has 0 atom stereocenters. The van der Waals surface area contributed by atoms with E-state index in [9.17, 15) is 9.59 Å². The normalized spacial score (nSPS) is 18.2. The Labute approximate surface area is 195 Å². The number of halogens is 1. The first kappa shape index (κ1) is 24.4. The lowest BCUT2D eigenvalue weighted by molar-refractivity contribution is -0.130. The Morgan fingerprint density at radius 1 is 1.03 bits per heavy atom. The topological polar surface area (TPSA) is 84.6 Å². The van der Waals surface area contributed by atoms with Crippen LogP contribution in [0.1, 0.15) is 24.4 Å². The highest BCUT2D eigenvalue weighted by Crippen LogP contribution is 2.10. The van der Waals surface area contributed by atoms with Gasteiger partial charge in [-0.3, -0.25) is 19.5 Å². The van der Waals surface area contributed by atoms with Crippen LogP contribution in [0.4, 0.5) is 0 Å². The third-order valence-electron chi connectivity index (χ3n) is 5.43. The summed E-state index contributed by atoms with van der Waals surface area (Å²) in [6.07, 6.45) is 1.53. The van der Waals surface area contributed by atoms with E-state index in [2.05, 4.69) is 22.0 Å². The number of hydrogen-bond acceptors (Lipinski definition) is 5. The minimum absolute atomic E-state index is 0. The van der Waals surface area contributed by atoms with Crippen molar-refractivity contribution < 1.29 is 14.0 Å². The van der Waals surface area contributed by atoms with Crippen LogP contribution in [0.5, 0.6) is 0 Å². The molecule has 1 aromatic rings. The molecule has 0 aromatic carbocycles. The highest BCUT2D eigenvalue weighted by Gasteiger charge is 2.25. The van der Waals surface area contributed by atoms with Crippen molar-refractivity contribution in [3.05, 3.63) is 24.2 Å². The van der Waals surface area contributed by atoms with Gasteiger partial charge in [-0.2, -0.15) is 0 Å². The van der Waals surface area contributed by atoms with Gasteiger partial charge in [-0.1, -0.05) is 0 Å². The maximum absolute atomic E-state index is 12.4. The van der Waals surface area contributed by atoms with E-state index < -0.39 is 0 Å². The summed E-state index contributed by atoms with van der Waals surface area (Å²) < 4.78 is 5.22. The molecule has 168 valence electrons. The van der Waals surface area contributed by atoms with Gasteiger partial charge in [-0.05, 0) is 19.1 Å². The molecule has 3 rings (SSSR count). The standard InChI is InChI=1S/C20H32N6O3.HI/c1-3-21-20(22-6-7-23-8-10-24(11-9-23)17(2)27)26-14-12-25(13-15-26)19(28)18-5-4-16-29-18;/h4-5,16H,3,6-15H2,1-2H3,(H,21,22);1H. The van der Waals surface area contributed by atoms with Gasteiger partial charge in [0.2, 0.25) is 5.91 Å². The van der Waals surface area contributed by atoms with E-state index in [0.29, 0.717) is 25.4 Å². The average Bonchev–Trinajstić information content (AvgIpc) is 3.28. The van der Waals surface area contributed by atoms with Gasteiger partial charge in [0.25, 0.3) is 5.91 Å². The minimum Gasteiger partial charge on any atom is -0.459 e. The van der Waals surface area contributed by atoms with Crippen LogP contribution in [0, 0.1) is 0 Å². The molecular formula is C20H33IN6O3. The lowest BCUT2D eigenvalue weighted by Crippen LogP contribution is -2.54. The number of guanidine groups is 1. The van der Waals surface area contributed by atoms with E-state index in [4.69, 9.17) is 9.41 Å². The Morgan fingerprint density at radius 2 is 1.67 bits per heavy atom. The van der Waals surface area contributed by atoms with Gasteiger partial charge in [0.05, 0.1) is 12.8 Å². The quantitative estimate of drug-likeness (QED) is 0.343. The van der Waals surface area contributed by atoms with Gasteiger partial charge in [-0.15, -0.1) is 24.0 Å². The molecule has 1 aromatic heterocycles. The molecule has 2 amide bonds. The Balaban J connectivity index is 0.00000320. The van der Waals surface area contributed by atoms with Crippen LogP contribution in [-0.2, 0) is 4.79 Å². The SMILES string of the molecule is CCNC(=NCCN1CCN(C(C)=O)CC1)N1CCN(C(=O)c2ccco2)CC1.I. The first-order valence-electron chi connectivity index (χ1n) is 10.4. The van der Waals surface area contributed by atoms with Crippen LogP contribution >= 0.6 is 24.0 Å². The van der Waals surface area contributed by atoms with Crippen LogP contribution < -0.4 is 5.32 Å². The number of furan rings is 1. The second-order valence-electron chi connectivity index (χ2n) is 7.34. The summed E-state index contributed by atoms with van der Waals surface area (Å²) in [6, 6.07) is 3.44. The van der Waals surface area contributed by atoms with Gasteiger partial charge in [0.1, 0.15) is 0 Å². The molecule has 2 aliphatic heterocycles. The number of carbonyl (C=O) groups excluding carboxylic acids is 2. The first-order chi connectivity index (χ1) is 14.1. The maximum atomic E-state index is 12.4. The molecule has 2 aliphatic rings. The van der Waals surface area contributed by atoms with E-state index >= 15 is 0 Å². The minimum atomic E-state index is -0.0544. The van der Waals surface area contributed by atoms with Crippen LogP contribution in [-0.4, -0.2) is 109 Å². The molecule has 2 saturated heterocycles. The molecule has 0 saturated carbocycles. The molecule has 0 unspecified atom stereocenters. The Kier molecular flexibility index (Phi) is 9.89. The Morgan fingerprint density at radius 3 is 2.23 bits per heavy atom. The Bertz CT molecular complexity index is 695. The first-order valence-corrected chi connectivity index (χ1v) is 10.4. The van der Waals surface area contributed by atoms with Crippen molar-refractivity contribution in [2.24, 2.45) is 4.99 Å². The van der Waals surface area contributed by atoms with E-state index in [1.54, 1.807) is 19.1 Å². The lowest BCUT2D eigenvalue weighted by atomic mass is 10.3. The van der Waals surface area contributed by atoms with Crippen molar-refractivity contribution in [1.29, 1.82) is 0 Å². The molecular weight excluding hydrogens is 499 g/mol. The molecule has 9 nitrogen and oxygen atoms in total. The van der Waals surface area contributed by atoms with Crippen molar-refractivity contribution in [2.45, 2.75) is 13.8 Å². The molecule has 3 heterocycles. The largest absolute Gasteiger partial charge is 0.459 e. The fourth-order valence-electron chi connectivity index (χ4n) is 3.69.